The molecule has 0 spiro atoms. The number of methoxy groups -OCH3 is 1. The van der Waals surface area contributed by atoms with Crippen molar-refractivity contribution in [2.24, 2.45) is 5.92 Å². The average Bonchev–Trinajstić information content (AvgIpc) is 2.22. The van der Waals surface area contributed by atoms with Gasteiger partial charge in [0.25, 0.3) is 0 Å². The lowest BCUT2D eigenvalue weighted by Gasteiger charge is -2.37. The summed E-state index contributed by atoms with van der Waals surface area (Å²) in [5, 5.41) is 0. The minimum absolute atomic E-state index is 0.0473. The minimum atomic E-state index is -0.108. The molecule has 4 nitrogen and oxygen atoms in total. The predicted octanol–water partition coefficient (Wildman–Crippen LogP) is 0.874. The third kappa shape index (κ3) is 2.33. The van der Waals surface area contributed by atoms with E-state index < -0.39 is 0 Å². The lowest BCUT2D eigenvalue weighted by atomic mass is 9.99. The van der Waals surface area contributed by atoms with Crippen LogP contribution in [0, 0.1) is 5.92 Å². The molecule has 0 radical (unpaired) electrons. The molecular formula is C12H16N2O2. The van der Waals surface area contributed by atoms with Gasteiger partial charge in [0.05, 0.1) is 13.0 Å². The summed E-state index contributed by atoms with van der Waals surface area (Å²) in [5.41, 5.74) is 7.66. The Labute approximate surface area is 95.0 Å². The zero-order valence-corrected chi connectivity index (χ0v) is 9.35. The van der Waals surface area contributed by atoms with Crippen LogP contribution in [0.25, 0.3) is 0 Å². The third-order valence-corrected chi connectivity index (χ3v) is 2.85. The highest BCUT2D eigenvalue weighted by atomic mass is 16.5. The van der Waals surface area contributed by atoms with Gasteiger partial charge in [-0.05, 0) is 17.7 Å². The summed E-state index contributed by atoms with van der Waals surface area (Å²) in [6.07, 6.45) is 0. The normalized spacial score (nSPS) is 16.8. The second-order valence-electron chi connectivity index (χ2n) is 4.16. The number of likely N-dealkylation sites (tertiary alicyclic amines) is 1. The van der Waals surface area contributed by atoms with Crippen molar-refractivity contribution in [3.05, 3.63) is 29.8 Å². The Morgan fingerprint density at radius 2 is 2.31 bits per heavy atom. The molecule has 16 heavy (non-hydrogen) atoms. The van der Waals surface area contributed by atoms with E-state index in [-0.39, 0.29) is 11.9 Å². The Balaban J connectivity index is 1.84. The molecule has 1 aliphatic heterocycles. The number of nitrogens with two attached hydrogens (primary N) is 1. The molecule has 0 amide bonds. The lowest BCUT2D eigenvalue weighted by Crippen LogP contribution is -2.49. The van der Waals surface area contributed by atoms with Crippen molar-refractivity contribution in [3.63, 3.8) is 0 Å². The molecule has 1 aromatic rings. The largest absolute Gasteiger partial charge is 0.469 e. The van der Waals surface area contributed by atoms with Gasteiger partial charge in [-0.1, -0.05) is 12.1 Å². The number of nitrogen functional groups attached to an aromatic ring is 1. The maximum atomic E-state index is 11.2. The molecule has 0 aromatic heterocycles. The molecule has 1 heterocycles. The van der Waals surface area contributed by atoms with Crippen LogP contribution in [0.1, 0.15) is 5.56 Å². The number of esters is 1. The van der Waals surface area contributed by atoms with Crippen molar-refractivity contribution in [1.82, 2.24) is 4.90 Å². The molecule has 1 fully saturated rings. The van der Waals surface area contributed by atoms with Crippen molar-refractivity contribution in [2.45, 2.75) is 6.54 Å². The van der Waals surface area contributed by atoms with Crippen molar-refractivity contribution in [1.29, 1.82) is 0 Å². The van der Waals surface area contributed by atoms with Crippen molar-refractivity contribution < 1.29 is 9.53 Å². The highest BCUT2D eigenvalue weighted by Gasteiger charge is 2.33. The van der Waals surface area contributed by atoms with Crippen molar-refractivity contribution >= 4 is 11.7 Å². The van der Waals surface area contributed by atoms with Crippen LogP contribution < -0.4 is 5.73 Å². The topological polar surface area (TPSA) is 55.6 Å². The fraction of sp³-hybridized carbons (Fsp3) is 0.417. The lowest BCUT2D eigenvalue weighted by molar-refractivity contribution is -0.151. The van der Waals surface area contributed by atoms with E-state index in [0.717, 1.165) is 25.3 Å². The number of rotatable bonds is 3. The molecule has 1 saturated heterocycles. The average molecular weight is 220 g/mol. The Hall–Kier alpha value is -1.55. The Morgan fingerprint density at radius 3 is 2.94 bits per heavy atom. The number of carbonyl (C=O) groups is 1. The molecule has 2 N–H and O–H groups in total. The summed E-state index contributed by atoms with van der Waals surface area (Å²) in [7, 11) is 1.43. The smallest absolute Gasteiger partial charge is 0.311 e. The van der Waals surface area contributed by atoms with Crippen LogP contribution in [-0.4, -0.2) is 31.1 Å². The first-order valence-electron chi connectivity index (χ1n) is 5.33. The van der Waals surface area contributed by atoms with E-state index in [1.165, 1.54) is 12.7 Å². The van der Waals surface area contributed by atoms with Gasteiger partial charge in [0.2, 0.25) is 0 Å². The molecular weight excluding hydrogens is 204 g/mol. The molecule has 0 saturated carbocycles. The number of hydrogen-bond donors (Lipinski definition) is 1. The Bertz CT molecular complexity index is 386. The van der Waals surface area contributed by atoms with E-state index in [2.05, 4.69) is 9.64 Å². The monoisotopic (exact) mass is 220 g/mol. The van der Waals surface area contributed by atoms with E-state index >= 15 is 0 Å². The van der Waals surface area contributed by atoms with Gasteiger partial charge in [-0.3, -0.25) is 9.69 Å². The summed E-state index contributed by atoms with van der Waals surface area (Å²) < 4.78 is 4.69. The van der Waals surface area contributed by atoms with Crippen LogP contribution in [-0.2, 0) is 16.1 Å². The number of hydrogen-bond acceptors (Lipinski definition) is 4. The van der Waals surface area contributed by atoms with Crippen LogP contribution >= 0.6 is 0 Å². The first kappa shape index (κ1) is 11.0. The summed E-state index contributed by atoms with van der Waals surface area (Å²) in [5.74, 6) is -0.0603. The fourth-order valence-electron chi connectivity index (χ4n) is 1.96. The van der Waals surface area contributed by atoms with Gasteiger partial charge >= 0.3 is 5.97 Å². The molecule has 0 bridgehead atoms. The van der Waals surface area contributed by atoms with Crippen LogP contribution in [0.15, 0.2) is 24.3 Å². The Morgan fingerprint density at radius 1 is 1.56 bits per heavy atom. The van der Waals surface area contributed by atoms with E-state index in [0.29, 0.717) is 0 Å². The zero-order valence-electron chi connectivity index (χ0n) is 9.35. The predicted molar refractivity (Wildman–Crippen MR) is 61.6 cm³/mol. The van der Waals surface area contributed by atoms with Gasteiger partial charge in [0.1, 0.15) is 0 Å². The summed E-state index contributed by atoms with van der Waals surface area (Å²) in [6, 6.07) is 7.83. The fourth-order valence-corrected chi connectivity index (χ4v) is 1.96. The number of ether oxygens (including phenoxy) is 1. The van der Waals surface area contributed by atoms with Crippen LogP contribution in [0.4, 0.5) is 5.69 Å². The Kier molecular flexibility index (Phi) is 3.10. The zero-order chi connectivity index (χ0) is 11.5. The molecule has 1 aromatic carbocycles. The first-order chi connectivity index (χ1) is 7.69. The number of nitrogens with zero attached hydrogens (tertiary/aromatic N) is 1. The maximum absolute atomic E-state index is 11.2. The summed E-state index contributed by atoms with van der Waals surface area (Å²) in [4.78, 5) is 13.4. The third-order valence-electron chi connectivity index (χ3n) is 2.85. The molecule has 4 heteroatoms. The summed E-state index contributed by atoms with van der Waals surface area (Å²) in [6.45, 7) is 2.40. The van der Waals surface area contributed by atoms with Gasteiger partial charge < -0.3 is 10.5 Å². The SMILES string of the molecule is COC(=O)C1CN(Cc2cccc(N)c2)C1. The molecule has 0 aliphatic carbocycles. The van der Waals surface area contributed by atoms with Gasteiger partial charge in [0.15, 0.2) is 0 Å². The standard InChI is InChI=1S/C12H16N2O2/c1-16-12(15)10-7-14(8-10)6-9-3-2-4-11(13)5-9/h2-5,10H,6-8,13H2,1H3. The van der Waals surface area contributed by atoms with Gasteiger partial charge in [-0.25, -0.2) is 0 Å². The molecule has 86 valence electrons. The highest BCUT2D eigenvalue weighted by molar-refractivity contribution is 5.73. The van der Waals surface area contributed by atoms with E-state index in [9.17, 15) is 4.79 Å². The number of carbonyl (C=O) groups excluding carboxylic acids is 1. The first-order valence-corrected chi connectivity index (χ1v) is 5.33. The molecule has 0 unspecified atom stereocenters. The van der Waals surface area contributed by atoms with E-state index in [1.54, 1.807) is 0 Å². The maximum Gasteiger partial charge on any atom is 0.311 e. The van der Waals surface area contributed by atoms with Crippen LogP contribution in [0.2, 0.25) is 0 Å². The quantitative estimate of drug-likeness (QED) is 0.606. The van der Waals surface area contributed by atoms with Crippen molar-refractivity contribution in [3.8, 4) is 0 Å². The van der Waals surface area contributed by atoms with Gasteiger partial charge in [0, 0.05) is 25.3 Å². The number of benzene rings is 1. The van der Waals surface area contributed by atoms with Gasteiger partial charge in [-0.15, -0.1) is 0 Å². The van der Waals surface area contributed by atoms with Crippen molar-refractivity contribution in [2.75, 3.05) is 25.9 Å². The highest BCUT2D eigenvalue weighted by Crippen LogP contribution is 2.20. The second-order valence-corrected chi connectivity index (χ2v) is 4.16. The van der Waals surface area contributed by atoms with Gasteiger partial charge in [-0.2, -0.15) is 0 Å². The van der Waals surface area contributed by atoms with Crippen LogP contribution in [0.5, 0.6) is 0 Å². The summed E-state index contributed by atoms with van der Waals surface area (Å²) >= 11 is 0. The number of anilines is 1. The molecule has 1 aliphatic rings. The second kappa shape index (κ2) is 4.53. The minimum Gasteiger partial charge on any atom is -0.469 e. The van der Waals surface area contributed by atoms with Crippen LogP contribution in [0.3, 0.4) is 0 Å². The molecule has 2 rings (SSSR count). The molecule has 0 atom stereocenters. The van der Waals surface area contributed by atoms with E-state index in [4.69, 9.17) is 5.73 Å². The van der Waals surface area contributed by atoms with E-state index in [1.807, 2.05) is 24.3 Å².